The number of aliphatic hydroxyl groups is 1. The van der Waals surface area contributed by atoms with E-state index in [0.29, 0.717) is 17.2 Å². The molecule has 6 heteroatoms. The summed E-state index contributed by atoms with van der Waals surface area (Å²) in [6.45, 7) is 0.191. The fraction of sp³-hybridized carbons (Fsp3) is 0.333. The van der Waals surface area contributed by atoms with Gasteiger partial charge in [0, 0.05) is 24.7 Å². The van der Waals surface area contributed by atoms with Crippen molar-refractivity contribution in [1.29, 1.82) is 0 Å². The average Bonchev–Trinajstić information content (AvgIpc) is 2.72. The number of aliphatic hydroxyl groups excluding tert-OH is 1. The molecule has 0 amide bonds. The molecule has 1 aromatic carbocycles. The summed E-state index contributed by atoms with van der Waals surface area (Å²) in [5.74, 6) is 0.640. The van der Waals surface area contributed by atoms with E-state index in [1.54, 1.807) is 42.2 Å². The number of aryl methyl sites for hydroxylation is 1. The van der Waals surface area contributed by atoms with Gasteiger partial charge in [-0.2, -0.15) is 0 Å². The van der Waals surface area contributed by atoms with Crippen LogP contribution in [-0.4, -0.2) is 32.8 Å². The molecule has 0 bridgehead atoms. The third-order valence-corrected chi connectivity index (χ3v) is 2.57. The Hall–Kier alpha value is -1.59. The van der Waals surface area contributed by atoms with Gasteiger partial charge in [0.25, 0.3) is 0 Å². The molecule has 0 fully saturated rings. The van der Waals surface area contributed by atoms with Crippen molar-refractivity contribution in [3.63, 3.8) is 0 Å². The molecule has 1 N–H and O–H groups in total. The third-order valence-electron chi connectivity index (χ3n) is 2.33. The Bertz CT molecular complexity index is 516. The second kappa shape index (κ2) is 5.84. The number of aromatic nitrogens is 3. The van der Waals surface area contributed by atoms with Crippen molar-refractivity contribution in [3.8, 4) is 5.75 Å². The van der Waals surface area contributed by atoms with E-state index in [0.717, 1.165) is 5.69 Å². The molecule has 1 atom stereocenters. The molecule has 0 saturated heterocycles. The van der Waals surface area contributed by atoms with Crippen molar-refractivity contribution < 1.29 is 9.84 Å². The first-order chi connectivity index (χ1) is 8.63. The molecule has 0 aliphatic rings. The summed E-state index contributed by atoms with van der Waals surface area (Å²) in [6.07, 6.45) is 1.55. The summed E-state index contributed by atoms with van der Waals surface area (Å²) < 4.78 is 7.04. The summed E-state index contributed by atoms with van der Waals surface area (Å²) >= 11 is 5.83. The van der Waals surface area contributed by atoms with Gasteiger partial charge in [-0.3, -0.25) is 4.68 Å². The third kappa shape index (κ3) is 3.72. The zero-order valence-corrected chi connectivity index (χ0v) is 10.7. The van der Waals surface area contributed by atoms with E-state index in [-0.39, 0.29) is 6.61 Å². The van der Waals surface area contributed by atoms with Crippen molar-refractivity contribution in [3.05, 3.63) is 41.2 Å². The second-order valence-electron chi connectivity index (χ2n) is 4.01. The normalized spacial score (nSPS) is 12.4. The highest BCUT2D eigenvalue weighted by Crippen LogP contribution is 2.17. The summed E-state index contributed by atoms with van der Waals surface area (Å²) in [6, 6.07) is 7.06. The van der Waals surface area contributed by atoms with Crippen LogP contribution in [0.3, 0.4) is 0 Å². The minimum absolute atomic E-state index is 0.191. The van der Waals surface area contributed by atoms with Gasteiger partial charge in [-0.25, -0.2) is 0 Å². The molecule has 1 unspecified atom stereocenters. The molecule has 18 heavy (non-hydrogen) atoms. The van der Waals surface area contributed by atoms with Gasteiger partial charge in [0.05, 0.1) is 11.8 Å². The van der Waals surface area contributed by atoms with Crippen molar-refractivity contribution in [2.24, 2.45) is 7.05 Å². The molecule has 5 nitrogen and oxygen atoms in total. The van der Waals surface area contributed by atoms with Gasteiger partial charge in [-0.05, 0) is 18.2 Å². The lowest BCUT2D eigenvalue weighted by Gasteiger charge is -2.11. The molecule has 0 aliphatic carbocycles. The van der Waals surface area contributed by atoms with Crippen molar-refractivity contribution >= 4 is 11.6 Å². The molecule has 2 rings (SSSR count). The monoisotopic (exact) mass is 267 g/mol. The Morgan fingerprint density at radius 1 is 1.50 bits per heavy atom. The Labute approximate surface area is 110 Å². The molecule has 1 heterocycles. The molecule has 96 valence electrons. The van der Waals surface area contributed by atoms with Crippen molar-refractivity contribution in [2.75, 3.05) is 6.61 Å². The molecular weight excluding hydrogens is 254 g/mol. The van der Waals surface area contributed by atoms with Crippen LogP contribution >= 0.6 is 11.6 Å². The van der Waals surface area contributed by atoms with Crippen LogP contribution in [0.5, 0.6) is 5.75 Å². The highest BCUT2D eigenvalue weighted by atomic mass is 35.5. The van der Waals surface area contributed by atoms with E-state index in [1.165, 1.54) is 0 Å². The first kappa shape index (κ1) is 12.9. The number of hydrogen-bond acceptors (Lipinski definition) is 4. The number of ether oxygens (including phenoxy) is 1. The lowest BCUT2D eigenvalue weighted by Crippen LogP contribution is -2.20. The fourth-order valence-electron chi connectivity index (χ4n) is 1.54. The summed E-state index contributed by atoms with van der Waals surface area (Å²) in [7, 11) is 1.78. The Balaban J connectivity index is 1.83. The molecule has 0 saturated carbocycles. The molecule has 1 aromatic heterocycles. The van der Waals surface area contributed by atoms with E-state index in [2.05, 4.69) is 10.3 Å². The SMILES string of the molecule is Cn1cc(CC(O)COc2cccc(Cl)c2)nn1. The van der Waals surface area contributed by atoms with E-state index >= 15 is 0 Å². The van der Waals surface area contributed by atoms with E-state index in [4.69, 9.17) is 16.3 Å². The standard InChI is InChI=1S/C12H14ClN3O2/c1-16-7-10(14-15-16)6-11(17)8-18-12-4-2-3-9(13)5-12/h2-5,7,11,17H,6,8H2,1H3. The maximum atomic E-state index is 9.81. The maximum Gasteiger partial charge on any atom is 0.120 e. The van der Waals surface area contributed by atoms with Crippen LogP contribution < -0.4 is 4.74 Å². The predicted molar refractivity (Wildman–Crippen MR) is 67.7 cm³/mol. The van der Waals surface area contributed by atoms with E-state index in [1.807, 2.05) is 0 Å². The Morgan fingerprint density at radius 3 is 3.00 bits per heavy atom. The summed E-state index contributed by atoms with van der Waals surface area (Å²) in [5.41, 5.74) is 0.736. The van der Waals surface area contributed by atoms with Crippen molar-refractivity contribution in [2.45, 2.75) is 12.5 Å². The second-order valence-corrected chi connectivity index (χ2v) is 4.45. The molecule has 0 aliphatic heterocycles. The maximum absolute atomic E-state index is 9.81. The number of halogens is 1. The lowest BCUT2D eigenvalue weighted by atomic mass is 10.2. The van der Waals surface area contributed by atoms with Gasteiger partial charge in [-0.1, -0.05) is 22.9 Å². The smallest absolute Gasteiger partial charge is 0.120 e. The van der Waals surface area contributed by atoms with E-state index < -0.39 is 6.10 Å². The average molecular weight is 268 g/mol. The fourth-order valence-corrected chi connectivity index (χ4v) is 1.72. The number of benzene rings is 1. The van der Waals surface area contributed by atoms with Gasteiger partial charge in [0.15, 0.2) is 0 Å². The molecular formula is C12H14ClN3O2. The van der Waals surface area contributed by atoms with Crippen LogP contribution in [0.25, 0.3) is 0 Å². The minimum Gasteiger partial charge on any atom is -0.491 e. The predicted octanol–water partition coefficient (Wildman–Crippen LogP) is 1.45. The van der Waals surface area contributed by atoms with Crippen molar-refractivity contribution in [1.82, 2.24) is 15.0 Å². The minimum atomic E-state index is -0.624. The largest absolute Gasteiger partial charge is 0.491 e. The molecule has 0 radical (unpaired) electrons. The molecule has 2 aromatic rings. The first-order valence-electron chi connectivity index (χ1n) is 5.55. The van der Waals surface area contributed by atoms with Gasteiger partial charge < -0.3 is 9.84 Å². The van der Waals surface area contributed by atoms with Gasteiger partial charge in [0.1, 0.15) is 12.4 Å². The van der Waals surface area contributed by atoms with Gasteiger partial charge in [-0.15, -0.1) is 5.10 Å². The zero-order chi connectivity index (χ0) is 13.0. The quantitative estimate of drug-likeness (QED) is 0.891. The topological polar surface area (TPSA) is 60.2 Å². The highest BCUT2D eigenvalue weighted by Gasteiger charge is 2.09. The van der Waals surface area contributed by atoms with Gasteiger partial charge >= 0.3 is 0 Å². The molecule has 0 spiro atoms. The Kier molecular flexibility index (Phi) is 4.17. The summed E-state index contributed by atoms with van der Waals surface area (Å²) in [5, 5.41) is 18.1. The van der Waals surface area contributed by atoms with Crippen LogP contribution in [-0.2, 0) is 13.5 Å². The number of hydrogen-bond donors (Lipinski definition) is 1. The van der Waals surface area contributed by atoms with Gasteiger partial charge in [0.2, 0.25) is 0 Å². The Morgan fingerprint density at radius 2 is 2.33 bits per heavy atom. The highest BCUT2D eigenvalue weighted by molar-refractivity contribution is 6.30. The lowest BCUT2D eigenvalue weighted by molar-refractivity contribution is 0.107. The van der Waals surface area contributed by atoms with Crippen LogP contribution in [0.15, 0.2) is 30.5 Å². The number of rotatable bonds is 5. The summed E-state index contributed by atoms with van der Waals surface area (Å²) in [4.78, 5) is 0. The van der Waals surface area contributed by atoms with Crippen LogP contribution in [0.1, 0.15) is 5.69 Å². The van der Waals surface area contributed by atoms with Crippen LogP contribution in [0.2, 0.25) is 5.02 Å². The van der Waals surface area contributed by atoms with Crippen LogP contribution in [0, 0.1) is 0 Å². The van der Waals surface area contributed by atoms with Crippen LogP contribution in [0.4, 0.5) is 0 Å². The first-order valence-corrected chi connectivity index (χ1v) is 5.93. The van der Waals surface area contributed by atoms with E-state index in [9.17, 15) is 5.11 Å². The zero-order valence-electron chi connectivity index (χ0n) is 9.95. The number of nitrogens with zero attached hydrogens (tertiary/aromatic N) is 3.